The van der Waals surface area contributed by atoms with Crippen LogP contribution < -0.4 is 0 Å². The molecule has 0 atom stereocenters. The summed E-state index contributed by atoms with van der Waals surface area (Å²) in [7, 11) is 2.11. The van der Waals surface area contributed by atoms with Gasteiger partial charge in [0, 0.05) is 45.8 Å². The molecule has 0 unspecified atom stereocenters. The zero-order valence-electron chi connectivity index (χ0n) is 16.7. The summed E-state index contributed by atoms with van der Waals surface area (Å²) >= 11 is 6.45. The van der Waals surface area contributed by atoms with E-state index in [1.807, 2.05) is 12.1 Å². The minimum Gasteiger partial charge on any atom is -0.330 e. The Morgan fingerprint density at radius 2 is 1.63 bits per heavy atom. The van der Waals surface area contributed by atoms with Gasteiger partial charge in [-0.1, -0.05) is 29.8 Å². The average molecular weight is 438 g/mol. The van der Waals surface area contributed by atoms with E-state index in [-0.39, 0.29) is 12.5 Å². The van der Waals surface area contributed by atoms with Crippen molar-refractivity contribution in [3.05, 3.63) is 69.2 Å². The number of likely N-dealkylation sites (N-methyl/N-ethyl adjacent to an activating group) is 1. The number of rotatable bonds is 4. The van der Waals surface area contributed by atoms with Crippen molar-refractivity contribution < 1.29 is 18.0 Å². The Morgan fingerprint density at radius 3 is 2.27 bits per heavy atom. The van der Waals surface area contributed by atoms with E-state index in [1.54, 1.807) is 4.90 Å². The zero-order valence-corrected chi connectivity index (χ0v) is 17.4. The lowest BCUT2D eigenvalue weighted by Gasteiger charge is -2.32. The number of amides is 1. The predicted molar refractivity (Wildman–Crippen MR) is 109 cm³/mol. The monoisotopic (exact) mass is 437 g/mol. The molecule has 1 fully saturated rings. The van der Waals surface area contributed by atoms with Crippen LogP contribution >= 0.6 is 11.6 Å². The molecule has 1 saturated heterocycles. The van der Waals surface area contributed by atoms with E-state index in [2.05, 4.69) is 16.8 Å². The van der Waals surface area contributed by atoms with Gasteiger partial charge < -0.3 is 9.80 Å². The number of hydrogen-bond acceptors (Lipinski definition) is 3. The Kier molecular flexibility index (Phi) is 5.79. The van der Waals surface area contributed by atoms with E-state index in [1.165, 1.54) is 12.1 Å². The van der Waals surface area contributed by atoms with Crippen LogP contribution in [0, 0.1) is 0 Å². The van der Waals surface area contributed by atoms with Gasteiger partial charge in [-0.3, -0.25) is 9.69 Å². The topological polar surface area (TPSA) is 26.8 Å². The molecule has 1 amide bonds. The second-order valence-electron chi connectivity index (χ2n) is 8.05. The molecule has 2 heterocycles. The van der Waals surface area contributed by atoms with E-state index < -0.39 is 11.7 Å². The number of piperazine rings is 1. The van der Waals surface area contributed by atoms with Crippen LogP contribution in [0.3, 0.4) is 0 Å². The minimum absolute atomic E-state index is 0.180. The summed E-state index contributed by atoms with van der Waals surface area (Å²) in [4.78, 5) is 19.1. The highest BCUT2D eigenvalue weighted by Crippen LogP contribution is 2.33. The smallest absolute Gasteiger partial charge is 0.330 e. The zero-order chi connectivity index (χ0) is 21.5. The number of benzene rings is 2. The van der Waals surface area contributed by atoms with Gasteiger partial charge in [-0.15, -0.1) is 0 Å². The minimum atomic E-state index is -4.37. The quantitative estimate of drug-likeness (QED) is 0.715. The summed E-state index contributed by atoms with van der Waals surface area (Å²) in [5.74, 6) is -0.180. The number of nitrogens with zero attached hydrogens (tertiary/aromatic N) is 3. The van der Waals surface area contributed by atoms with Crippen molar-refractivity contribution in [2.45, 2.75) is 25.8 Å². The van der Waals surface area contributed by atoms with E-state index in [4.69, 9.17) is 11.6 Å². The molecule has 0 saturated carbocycles. The van der Waals surface area contributed by atoms with Gasteiger partial charge in [0.15, 0.2) is 0 Å². The van der Waals surface area contributed by atoms with Gasteiger partial charge >= 0.3 is 6.18 Å². The molecule has 0 bridgehead atoms. The Bertz CT molecular complexity index is 938. The first-order valence-electron chi connectivity index (χ1n) is 9.88. The highest BCUT2D eigenvalue weighted by molar-refractivity contribution is 6.34. The van der Waals surface area contributed by atoms with Crippen LogP contribution in [0.25, 0.3) is 0 Å². The third-order valence-electron chi connectivity index (χ3n) is 5.75. The first-order chi connectivity index (χ1) is 14.2. The van der Waals surface area contributed by atoms with Gasteiger partial charge in [-0.25, -0.2) is 0 Å². The van der Waals surface area contributed by atoms with Crippen molar-refractivity contribution in [1.29, 1.82) is 0 Å². The summed E-state index contributed by atoms with van der Waals surface area (Å²) in [5, 5.41) is 0.441. The maximum atomic E-state index is 12.8. The van der Waals surface area contributed by atoms with Crippen LogP contribution in [0.5, 0.6) is 0 Å². The number of carbonyl (C=O) groups is 1. The SMILES string of the molecule is CN1CCN(Cc2cc(Cl)c3c(c2)CN(Cc2ccc(C(F)(F)F)cc2)C3=O)CC1. The molecule has 2 aromatic carbocycles. The van der Waals surface area contributed by atoms with Gasteiger partial charge in [0.25, 0.3) is 5.91 Å². The maximum absolute atomic E-state index is 12.8. The predicted octanol–water partition coefficient (Wildman–Crippen LogP) is 4.26. The first kappa shape index (κ1) is 21.2. The fourth-order valence-corrected chi connectivity index (χ4v) is 4.37. The lowest BCUT2D eigenvalue weighted by molar-refractivity contribution is -0.137. The maximum Gasteiger partial charge on any atom is 0.416 e. The standard InChI is InChI=1S/C22H23ClF3N3O/c1-27-6-8-28(9-7-27)12-16-10-17-14-29(21(30)20(17)19(23)11-16)13-15-2-4-18(5-3-15)22(24,25)26/h2-5,10-11H,6-9,12-14H2,1H3. The van der Waals surface area contributed by atoms with Crippen molar-refractivity contribution >= 4 is 17.5 Å². The number of hydrogen-bond donors (Lipinski definition) is 0. The second kappa shape index (κ2) is 8.21. The number of halogens is 4. The molecular formula is C22H23ClF3N3O. The van der Waals surface area contributed by atoms with Crippen molar-refractivity contribution in [2.75, 3.05) is 33.2 Å². The molecule has 0 N–H and O–H groups in total. The van der Waals surface area contributed by atoms with Crippen LogP contribution in [0.2, 0.25) is 5.02 Å². The summed E-state index contributed by atoms with van der Waals surface area (Å²) in [6, 6.07) is 8.82. The molecule has 0 radical (unpaired) electrons. The van der Waals surface area contributed by atoms with Crippen LogP contribution in [0.4, 0.5) is 13.2 Å². The fraction of sp³-hybridized carbons (Fsp3) is 0.409. The van der Waals surface area contributed by atoms with Crippen LogP contribution in [-0.2, 0) is 25.8 Å². The Labute approximate surface area is 178 Å². The van der Waals surface area contributed by atoms with Crippen molar-refractivity contribution in [3.8, 4) is 0 Å². The van der Waals surface area contributed by atoms with Crippen LogP contribution in [0.15, 0.2) is 36.4 Å². The molecule has 4 rings (SSSR count). The van der Waals surface area contributed by atoms with Crippen molar-refractivity contribution in [3.63, 3.8) is 0 Å². The van der Waals surface area contributed by atoms with Gasteiger partial charge in [-0.2, -0.15) is 13.2 Å². The van der Waals surface area contributed by atoms with E-state index in [0.29, 0.717) is 22.7 Å². The molecule has 0 spiro atoms. The average Bonchev–Trinajstić information content (AvgIpc) is 2.99. The molecular weight excluding hydrogens is 415 g/mol. The molecule has 4 nitrogen and oxygen atoms in total. The van der Waals surface area contributed by atoms with Gasteiger partial charge in [-0.05, 0) is 41.9 Å². The molecule has 160 valence electrons. The number of carbonyl (C=O) groups excluding carboxylic acids is 1. The van der Waals surface area contributed by atoms with Crippen LogP contribution in [-0.4, -0.2) is 53.8 Å². The van der Waals surface area contributed by atoms with Crippen molar-refractivity contribution in [2.24, 2.45) is 0 Å². The van der Waals surface area contributed by atoms with E-state index >= 15 is 0 Å². The molecule has 0 aromatic heterocycles. The second-order valence-corrected chi connectivity index (χ2v) is 8.45. The summed E-state index contributed by atoms with van der Waals surface area (Å²) < 4.78 is 38.3. The fourth-order valence-electron chi connectivity index (χ4n) is 4.03. The first-order valence-corrected chi connectivity index (χ1v) is 10.3. The molecule has 2 aliphatic heterocycles. The Morgan fingerprint density at radius 1 is 0.967 bits per heavy atom. The number of alkyl halides is 3. The lowest BCUT2D eigenvalue weighted by Crippen LogP contribution is -2.43. The van der Waals surface area contributed by atoms with E-state index in [9.17, 15) is 18.0 Å². The van der Waals surface area contributed by atoms with Gasteiger partial charge in [0.1, 0.15) is 0 Å². The molecule has 30 heavy (non-hydrogen) atoms. The van der Waals surface area contributed by atoms with Gasteiger partial charge in [0.05, 0.1) is 16.1 Å². The van der Waals surface area contributed by atoms with Crippen LogP contribution in [0.1, 0.15) is 32.6 Å². The summed E-state index contributed by atoms with van der Waals surface area (Å²) in [6.07, 6.45) is -4.37. The normalized spacial score (nSPS) is 18.2. The summed E-state index contributed by atoms with van der Waals surface area (Å²) in [6.45, 7) is 5.47. The summed E-state index contributed by atoms with van der Waals surface area (Å²) in [5.41, 5.74) is 2.42. The lowest BCUT2D eigenvalue weighted by atomic mass is 10.1. The third kappa shape index (κ3) is 4.48. The third-order valence-corrected chi connectivity index (χ3v) is 6.05. The molecule has 0 aliphatic carbocycles. The van der Waals surface area contributed by atoms with Gasteiger partial charge in [0.2, 0.25) is 0 Å². The van der Waals surface area contributed by atoms with Crippen molar-refractivity contribution in [1.82, 2.24) is 14.7 Å². The van der Waals surface area contributed by atoms with E-state index in [0.717, 1.165) is 56.0 Å². The molecule has 2 aromatic rings. The number of fused-ring (bicyclic) bond motifs is 1. The molecule has 2 aliphatic rings. The molecule has 8 heteroatoms. The Balaban J connectivity index is 1.46. The highest BCUT2D eigenvalue weighted by atomic mass is 35.5. The highest BCUT2D eigenvalue weighted by Gasteiger charge is 2.32. The Hall–Kier alpha value is -2.09. The largest absolute Gasteiger partial charge is 0.416 e.